The zero-order valence-electron chi connectivity index (χ0n) is 6.69. The number of hydrogen-bond acceptors (Lipinski definition) is 5. The van der Waals surface area contributed by atoms with E-state index in [-0.39, 0.29) is 0 Å². The van der Waals surface area contributed by atoms with Gasteiger partial charge in [0.25, 0.3) is 0 Å². The zero-order valence-corrected chi connectivity index (χ0v) is 7.51. The first kappa shape index (κ1) is 7.94. The van der Waals surface area contributed by atoms with E-state index in [2.05, 4.69) is 14.7 Å². The van der Waals surface area contributed by atoms with Gasteiger partial charge in [0.05, 0.1) is 6.61 Å². The zero-order chi connectivity index (χ0) is 8.23. The lowest BCUT2D eigenvalue weighted by molar-refractivity contribution is 0.187. The van der Waals surface area contributed by atoms with Crippen molar-refractivity contribution in [3.63, 3.8) is 0 Å². The Morgan fingerprint density at radius 2 is 2.75 bits per heavy atom. The molecule has 0 amide bonds. The largest absolute Gasteiger partial charge is 0.381 e. The van der Waals surface area contributed by atoms with Crippen LogP contribution in [0.3, 0.4) is 0 Å². The molecule has 0 aromatic carbocycles. The Morgan fingerprint density at radius 3 is 3.42 bits per heavy atom. The van der Waals surface area contributed by atoms with Crippen LogP contribution >= 0.6 is 11.5 Å². The molecule has 0 spiro atoms. The lowest BCUT2D eigenvalue weighted by Gasteiger charge is -2.06. The monoisotopic (exact) mass is 185 g/mol. The highest BCUT2D eigenvalue weighted by Gasteiger charge is 2.15. The maximum absolute atomic E-state index is 5.25. The summed E-state index contributed by atoms with van der Waals surface area (Å²) in [5.41, 5.74) is 0. The second-order valence-corrected chi connectivity index (χ2v) is 3.64. The standard InChI is InChI=1S/C7H11N3OS/c1-2-11-4-6(1)3-8-7-9-5-10-12-7/h5-6H,1-4H2,(H,8,9,10). The van der Waals surface area contributed by atoms with Gasteiger partial charge in [-0.25, -0.2) is 4.98 Å². The second kappa shape index (κ2) is 3.82. The summed E-state index contributed by atoms with van der Waals surface area (Å²) in [6.07, 6.45) is 2.73. The first-order chi connectivity index (χ1) is 5.95. The maximum Gasteiger partial charge on any atom is 0.202 e. The van der Waals surface area contributed by atoms with Crippen LogP contribution in [0.1, 0.15) is 6.42 Å². The van der Waals surface area contributed by atoms with Crippen molar-refractivity contribution < 1.29 is 4.74 Å². The fourth-order valence-electron chi connectivity index (χ4n) is 1.23. The van der Waals surface area contributed by atoms with Gasteiger partial charge in [0.15, 0.2) is 0 Å². The molecule has 1 aliphatic rings. The summed E-state index contributed by atoms with van der Waals surface area (Å²) >= 11 is 1.39. The van der Waals surface area contributed by atoms with E-state index in [0.29, 0.717) is 5.92 Å². The minimum Gasteiger partial charge on any atom is -0.381 e. The molecule has 1 fully saturated rings. The predicted octanol–water partition coefficient (Wildman–Crippen LogP) is 0.986. The average molecular weight is 185 g/mol. The second-order valence-electron chi connectivity index (χ2n) is 2.86. The molecule has 66 valence electrons. The number of aromatic nitrogens is 2. The molecule has 5 heteroatoms. The summed E-state index contributed by atoms with van der Waals surface area (Å²) in [5.74, 6) is 0.647. The van der Waals surface area contributed by atoms with Crippen LogP contribution in [0.4, 0.5) is 5.13 Å². The van der Waals surface area contributed by atoms with E-state index in [1.165, 1.54) is 11.5 Å². The first-order valence-electron chi connectivity index (χ1n) is 4.03. The van der Waals surface area contributed by atoms with Crippen molar-refractivity contribution in [3.05, 3.63) is 6.33 Å². The van der Waals surface area contributed by atoms with E-state index >= 15 is 0 Å². The Balaban J connectivity index is 1.74. The first-order valence-corrected chi connectivity index (χ1v) is 4.81. The summed E-state index contributed by atoms with van der Waals surface area (Å²) in [6, 6.07) is 0. The number of nitrogens with zero attached hydrogens (tertiary/aromatic N) is 2. The fraction of sp³-hybridized carbons (Fsp3) is 0.714. The van der Waals surface area contributed by atoms with Crippen molar-refractivity contribution in [2.45, 2.75) is 6.42 Å². The highest BCUT2D eigenvalue weighted by Crippen LogP contribution is 2.14. The molecule has 0 bridgehead atoms. The predicted molar refractivity (Wildman–Crippen MR) is 47.3 cm³/mol. The van der Waals surface area contributed by atoms with E-state index in [1.54, 1.807) is 6.33 Å². The molecule has 12 heavy (non-hydrogen) atoms. The highest BCUT2D eigenvalue weighted by molar-refractivity contribution is 7.09. The van der Waals surface area contributed by atoms with Crippen molar-refractivity contribution in [2.24, 2.45) is 5.92 Å². The van der Waals surface area contributed by atoms with Crippen LogP contribution in [0.15, 0.2) is 6.33 Å². The molecule has 1 N–H and O–H groups in total. The van der Waals surface area contributed by atoms with Crippen molar-refractivity contribution in [1.82, 2.24) is 9.36 Å². The van der Waals surface area contributed by atoms with Crippen LogP contribution in [0, 0.1) is 5.92 Å². The Hall–Kier alpha value is -0.680. The van der Waals surface area contributed by atoms with E-state index in [1.807, 2.05) is 0 Å². The topological polar surface area (TPSA) is 47.0 Å². The molecule has 2 rings (SSSR count). The molecule has 0 saturated carbocycles. The van der Waals surface area contributed by atoms with Crippen molar-refractivity contribution >= 4 is 16.7 Å². The van der Waals surface area contributed by atoms with Gasteiger partial charge in [0.1, 0.15) is 6.33 Å². The van der Waals surface area contributed by atoms with E-state index in [9.17, 15) is 0 Å². The van der Waals surface area contributed by atoms with Gasteiger partial charge in [-0.1, -0.05) is 0 Å². The molecule has 0 radical (unpaired) electrons. The highest BCUT2D eigenvalue weighted by atomic mass is 32.1. The fourth-order valence-corrected chi connectivity index (χ4v) is 1.66. The molecule has 1 saturated heterocycles. The molecular weight excluding hydrogens is 174 g/mol. The minimum atomic E-state index is 0.647. The molecular formula is C7H11N3OS. The summed E-state index contributed by atoms with van der Waals surface area (Å²) < 4.78 is 9.16. The van der Waals surface area contributed by atoms with Gasteiger partial charge < -0.3 is 10.1 Å². The Bertz CT molecular complexity index is 221. The van der Waals surface area contributed by atoms with Crippen LogP contribution in [0.2, 0.25) is 0 Å². The van der Waals surface area contributed by atoms with Gasteiger partial charge in [0, 0.05) is 30.6 Å². The minimum absolute atomic E-state index is 0.647. The maximum atomic E-state index is 5.25. The van der Waals surface area contributed by atoms with Gasteiger partial charge >= 0.3 is 0 Å². The van der Waals surface area contributed by atoms with E-state index in [0.717, 1.165) is 31.3 Å². The lowest BCUT2D eigenvalue weighted by atomic mass is 10.1. The van der Waals surface area contributed by atoms with Crippen LogP contribution in [0.25, 0.3) is 0 Å². The summed E-state index contributed by atoms with van der Waals surface area (Å²) in [6.45, 7) is 2.74. The SMILES string of the molecule is c1nsc(NCC2CCOC2)n1. The Kier molecular flexibility index (Phi) is 2.53. The van der Waals surface area contributed by atoms with Crippen molar-refractivity contribution in [3.8, 4) is 0 Å². The van der Waals surface area contributed by atoms with Crippen molar-refractivity contribution in [1.29, 1.82) is 0 Å². The number of nitrogens with one attached hydrogen (secondary N) is 1. The number of anilines is 1. The molecule has 1 aromatic rings. The third kappa shape index (κ3) is 1.92. The van der Waals surface area contributed by atoms with E-state index < -0.39 is 0 Å². The number of ether oxygens (including phenoxy) is 1. The molecule has 2 heterocycles. The number of rotatable bonds is 3. The molecule has 0 aliphatic carbocycles. The van der Waals surface area contributed by atoms with E-state index in [4.69, 9.17) is 4.74 Å². The van der Waals surface area contributed by atoms with Gasteiger partial charge in [-0.05, 0) is 6.42 Å². The van der Waals surface area contributed by atoms with Crippen LogP contribution < -0.4 is 5.32 Å². The van der Waals surface area contributed by atoms with Crippen LogP contribution in [-0.4, -0.2) is 29.1 Å². The summed E-state index contributed by atoms with van der Waals surface area (Å²) in [4.78, 5) is 4.03. The lowest BCUT2D eigenvalue weighted by Crippen LogP contribution is -2.13. The Morgan fingerprint density at radius 1 is 1.75 bits per heavy atom. The third-order valence-corrected chi connectivity index (χ3v) is 2.55. The quantitative estimate of drug-likeness (QED) is 0.762. The Labute approximate surface area is 75.1 Å². The third-order valence-electron chi connectivity index (χ3n) is 1.93. The molecule has 1 unspecified atom stereocenters. The van der Waals surface area contributed by atoms with Gasteiger partial charge in [-0.15, -0.1) is 0 Å². The van der Waals surface area contributed by atoms with Gasteiger partial charge in [0.2, 0.25) is 5.13 Å². The summed E-state index contributed by atoms with van der Waals surface area (Å²) in [5, 5.41) is 4.14. The molecule has 1 aromatic heterocycles. The van der Waals surface area contributed by atoms with Crippen LogP contribution in [-0.2, 0) is 4.74 Å². The van der Waals surface area contributed by atoms with Crippen molar-refractivity contribution in [2.75, 3.05) is 25.1 Å². The normalized spacial score (nSPS) is 22.8. The van der Waals surface area contributed by atoms with Crippen LogP contribution in [0.5, 0.6) is 0 Å². The molecule has 4 nitrogen and oxygen atoms in total. The van der Waals surface area contributed by atoms with Gasteiger partial charge in [-0.3, -0.25) is 0 Å². The smallest absolute Gasteiger partial charge is 0.202 e. The molecule has 1 atom stereocenters. The molecule has 1 aliphatic heterocycles. The van der Waals surface area contributed by atoms with Gasteiger partial charge in [-0.2, -0.15) is 4.37 Å². The summed E-state index contributed by atoms with van der Waals surface area (Å²) in [7, 11) is 0. The number of hydrogen-bond donors (Lipinski definition) is 1. The average Bonchev–Trinajstić information content (AvgIpc) is 2.74.